The Morgan fingerprint density at radius 1 is 0.920 bits per heavy atom. The lowest BCUT2D eigenvalue weighted by molar-refractivity contribution is -0.141. The van der Waals surface area contributed by atoms with E-state index in [0.29, 0.717) is 42.7 Å². The number of nitrogens with two attached hydrogens (primary N) is 1. The number of anilines is 3. The summed E-state index contributed by atoms with van der Waals surface area (Å²) < 4.78 is 18.0. The highest BCUT2D eigenvalue weighted by Crippen LogP contribution is 2.41. The van der Waals surface area contributed by atoms with E-state index >= 15 is 0 Å². The summed E-state index contributed by atoms with van der Waals surface area (Å²) in [4.78, 5) is 49.0. The van der Waals surface area contributed by atoms with E-state index in [1.165, 1.54) is 4.90 Å². The highest BCUT2D eigenvalue weighted by molar-refractivity contribution is 7.13. The van der Waals surface area contributed by atoms with Crippen LogP contribution >= 0.6 is 22.9 Å². The van der Waals surface area contributed by atoms with Crippen molar-refractivity contribution in [1.82, 2.24) is 45.3 Å². The summed E-state index contributed by atoms with van der Waals surface area (Å²) in [6.45, 7) is 14.9. The minimum atomic E-state index is -0.878. The summed E-state index contributed by atoms with van der Waals surface area (Å²) in [5.74, 6) is -0.430. The number of hydrogen-bond acceptors (Lipinski definition) is 18. The number of nitrogens with one attached hydrogen (secondary N) is 1. The molecule has 0 radical (unpaired) electrons. The van der Waals surface area contributed by atoms with E-state index in [-0.39, 0.29) is 71.2 Å². The van der Waals surface area contributed by atoms with Crippen LogP contribution in [0.1, 0.15) is 69.0 Å². The number of nitrogens with zero attached hydrogens (tertiary/aromatic N) is 10. The summed E-state index contributed by atoms with van der Waals surface area (Å²) in [6.07, 6.45) is 3.19. The molecule has 10 rings (SSSR count). The number of nitrogen functional groups attached to an aromatic ring is 1. The van der Waals surface area contributed by atoms with Gasteiger partial charge in [-0.1, -0.05) is 61.8 Å². The number of benzene rings is 2. The zero-order valence-corrected chi connectivity index (χ0v) is 44.3. The fourth-order valence-electron chi connectivity index (χ4n) is 11.1. The van der Waals surface area contributed by atoms with Gasteiger partial charge in [-0.25, -0.2) is 9.97 Å². The number of hydrogen-bond donors (Lipinski definition) is 4. The van der Waals surface area contributed by atoms with E-state index in [0.717, 1.165) is 91.7 Å². The van der Waals surface area contributed by atoms with Gasteiger partial charge in [0.05, 0.1) is 39.6 Å². The molecule has 4 aliphatic heterocycles. The highest BCUT2D eigenvalue weighted by Gasteiger charge is 2.45. The number of aliphatic hydroxyl groups excluding tert-OH is 1. The zero-order chi connectivity index (χ0) is 52.3. The lowest BCUT2D eigenvalue weighted by Gasteiger charge is -2.43. The summed E-state index contributed by atoms with van der Waals surface area (Å²) in [7, 11) is 0. The molecule has 4 aliphatic rings. The average molecular weight is 1060 g/mol. The third kappa shape index (κ3) is 11.4. The number of phenolic OH excluding ortho intramolecular Hbond substituents is 1. The summed E-state index contributed by atoms with van der Waals surface area (Å²) in [5.41, 5.74) is 14.3. The second kappa shape index (κ2) is 22.7. The first-order chi connectivity index (χ1) is 36.3. The van der Waals surface area contributed by atoms with Crippen molar-refractivity contribution >= 4 is 51.9 Å². The van der Waals surface area contributed by atoms with Crippen molar-refractivity contribution in [2.45, 2.75) is 83.1 Å². The number of aromatic hydroxyl groups is 1. The molecule has 0 spiro atoms. The normalized spacial score (nSPS) is 20.9. The van der Waals surface area contributed by atoms with E-state index in [2.05, 4.69) is 56.3 Å². The van der Waals surface area contributed by atoms with E-state index in [4.69, 9.17) is 31.3 Å². The fourth-order valence-corrected chi connectivity index (χ4v) is 12.1. The number of rotatable bonds is 18. The number of piperazine rings is 2. The first-order valence-corrected chi connectivity index (χ1v) is 27.1. The molecule has 2 amide bonds. The van der Waals surface area contributed by atoms with Gasteiger partial charge in [0, 0.05) is 101 Å². The molecule has 19 nitrogen and oxygen atoms in total. The van der Waals surface area contributed by atoms with E-state index in [1.807, 2.05) is 87.9 Å². The number of fused-ring (bicyclic) bond motifs is 2. The number of carbonyl (C=O) groups is 2. The smallest absolute Gasteiger partial charge is 0.273 e. The number of likely N-dealkylation sites (tertiary alicyclic amines) is 1. The van der Waals surface area contributed by atoms with Crippen LogP contribution in [0.3, 0.4) is 0 Å². The largest absolute Gasteiger partial charge is 0.507 e. The summed E-state index contributed by atoms with van der Waals surface area (Å²) in [5, 5.41) is 37.1. The molecule has 6 aromatic rings. The second-order valence-electron chi connectivity index (χ2n) is 20.3. The Bertz CT molecular complexity index is 2940. The van der Waals surface area contributed by atoms with Crippen LogP contribution in [0.25, 0.3) is 21.7 Å². The van der Waals surface area contributed by atoms with Gasteiger partial charge in [-0.2, -0.15) is 0 Å². The molecular formula is C54H65ClN12O7S. The van der Waals surface area contributed by atoms with Crippen molar-refractivity contribution in [2.24, 2.45) is 5.92 Å². The van der Waals surface area contributed by atoms with E-state index < -0.39 is 18.1 Å². The number of β-amino-alcohol motifs (C(OH)–C–C–N with tert-alkyl or cyclic N) is 1. The van der Waals surface area contributed by atoms with Gasteiger partial charge in [-0.15, -0.1) is 21.5 Å². The minimum Gasteiger partial charge on any atom is -0.507 e. The number of aryl methyl sites for hydroxylation is 1. The number of amides is 2. The van der Waals surface area contributed by atoms with Crippen molar-refractivity contribution in [2.75, 3.05) is 87.7 Å². The number of halogens is 1. The van der Waals surface area contributed by atoms with Crippen molar-refractivity contribution < 1.29 is 33.8 Å². The first kappa shape index (κ1) is 51.9. The molecule has 4 saturated heterocycles. The van der Waals surface area contributed by atoms with Crippen LogP contribution in [0.5, 0.6) is 17.5 Å². The minimum absolute atomic E-state index is 0.00786. The van der Waals surface area contributed by atoms with E-state index in [9.17, 15) is 19.8 Å². The molecule has 0 saturated carbocycles. The number of aliphatic hydroxyl groups is 1. The van der Waals surface area contributed by atoms with Crippen molar-refractivity contribution in [3.63, 3.8) is 0 Å². The molecule has 4 fully saturated rings. The number of pyridine rings is 1. The predicted octanol–water partition coefficient (Wildman–Crippen LogP) is 6.41. The second-order valence-corrected chi connectivity index (χ2v) is 21.6. The third-order valence-electron chi connectivity index (χ3n) is 15.1. The Kier molecular flexibility index (Phi) is 15.7. The number of carbonyl (C=O) groups excluding carboxylic acids is 2. The van der Waals surface area contributed by atoms with Crippen LogP contribution in [0.15, 0.2) is 83.0 Å². The quantitative estimate of drug-likeness (QED) is 0.0730. The van der Waals surface area contributed by atoms with Gasteiger partial charge in [0.1, 0.15) is 35.9 Å². The third-order valence-corrected chi connectivity index (χ3v) is 16.4. The fraction of sp³-hybridized carbons (Fsp3) is 0.463. The number of aromatic nitrogens is 5. The lowest BCUT2D eigenvalue weighted by Crippen LogP contribution is -2.54. The molecule has 6 atom stereocenters. The molecule has 75 heavy (non-hydrogen) atoms. The molecule has 4 aromatic heterocycles. The van der Waals surface area contributed by atoms with Crippen LogP contribution in [0, 0.1) is 12.8 Å². The Hall–Kier alpha value is -6.58. The topological polar surface area (TPSA) is 225 Å². The van der Waals surface area contributed by atoms with Crippen LogP contribution in [0.4, 0.5) is 17.2 Å². The standard InChI is InChI=1S/C54H65ClN12O7S/c1-32(2)47(54(71)66-30-40(68)26-44(66)52(70)59-33(3)35-9-11-36(12-10-35)50-34(4)58-31-75-50)49-48(55)53(62-74-49)73-24-22-64-19-17-63(18-20-64)21-23-72-46-25-37(15-16-57-46)67-38-13-14-39(67)29-65(28-38)43-27-42(60-61-51(43)56)41-7-5-6-8-45(41)69/h5-12,15-16,25,27,31-33,38-40,44,47,68-69H,13-14,17-24,26,28-30H2,1-4H3,(H2,56,61)(H,59,70)/t33-,38?,39?,40+,44-,47+/m0/s1. The SMILES string of the molecule is Cc1ncsc1-c1ccc([C@H](C)NC(=O)[C@@H]2C[C@@H](O)CN2C(=O)[C@@H](c2onc(OCCN3CCN(CCOc4cc(N5C6CCC5CN(c5cc(-c7ccccc7O)nnc5N)C6)ccn4)CC3)c2Cl)C(C)C)cc1. The van der Waals surface area contributed by atoms with Gasteiger partial charge in [0.25, 0.3) is 5.88 Å². The predicted molar refractivity (Wildman–Crippen MR) is 287 cm³/mol. The van der Waals surface area contributed by atoms with Crippen LogP contribution < -0.4 is 30.3 Å². The van der Waals surface area contributed by atoms with Gasteiger partial charge in [0.15, 0.2) is 11.6 Å². The molecule has 2 unspecified atom stereocenters. The molecular weight excluding hydrogens is 996 g/mol. The van der Waals surface area contributed by atoms with Gasteiger partial charge in [-0.05, 0) is 73.2 Å². The van der Waals surface area contributed by atoms with Crippen LogP contribution in [0.2, 0.25) is 5.02 Å². The van der Waals surface area contributed by atoms with Crippen LogP contribution in [-0.4, -0.2) is 158 Å². The zero-order valence-electron chi connectivity index (χ0n) is 42.7. The lowest BCUT2D eigenvalue weighted by atomic mass is 9.91. The summed E-state index contributed by atoms with van der Waals surface area (Å²) >= 11 is 8.43. The van der Waals surface area contributed by atoms with Crippen molar-refractivity contribution in [1.29, 1.82) is 0 Å². The molecule has 21 heteroatoms. The summed E-state index contributed by atoms with van der Waals surface area (Å²) in [6, 6.07) is 20.5. The number of ether oxygens (including phenoxy) is 2. The number of para-hydroxylation sites is 1. The first-order valence-electron chi connectivity index (χ1n) is 25.8. The number of thiazole rings is 1. The Balaban J connectivity index is 0.666. The van der Waals surface area contributed by atoms with Gasteiger partial charge in [0.2, 0.25) is 17.7 Å². The molecule has 396 valence electrons. The van der Waals surface area contributed by atoms with Gasteiger partial charge < -0.3 is 50.0 Å². The van der Waals surface area contributed by atoms with Crippen molar-refractivity contribution in [3.8, 4) is 39.2 Å². The molecule has 0 aliphatic carbocycles. The Labute approximate surface area is 445 Å². The monoisotopic (exact) mass is 1060 g/mol. The molecule has 8 heterocycles. The Morgan fingerprint density at radius 3 is 2.31 bits per heavy atom. The van der Waals surface area contributed by atoms with Gasteiger partial charge in [-0.3, -0.25) is 19.4 Å². The maximum Gasteiger partial charge on any atom is 0.273 e. The maximum absolute atomic E-state index is 14.3. The van der Waals surface area contributed by atoms with Crippen LogP contribution in [-0.2, 0) is 9.59 Å². The number of phenols is 1. The maximum atomic E-state index is 14.3. The highest BCUT2D eigenvalue weighted by atomic mass is 35.5. The molecule has 5 N–H and O–H groups in total. The Morgan fingerprint density at radius 2 is 1.63 bits per heavy atom. The molecule has 2 aromatic carbocycles. The molecule has 2 bridgehead atoms. The average Bonchev–Trinajstić information content (AvgIpc) is 4.20. The van der Waals surface area contributed by atoms with E-state index in [1.54, 1.807) is 23.5 Å². The van der Waals surface area contributed by atoms with Gasteiger partial charge >= 0.3 is 0 Å². The van der Waals surface area contributed by atoms with Crippen molar-refractivity contribution in [3.05, 3.63) is 100 Å².